The van der Waals surface area contributed by atoms with Crippen molar-refractivity contribution in [3.8, 4) is 0 Å². The molecule has 1 unspecified atom stereocenters. The molecule has 0 aliphatic carbocycles. The van der Waals surface area contributed by atoms with E-state index in [1.807, 2.05) is 4.90 Å². The van der Waals surface area contributed by atoms with Crippen LogP contribution in [0.2, 0.25) is 0 Å². The number of piperidine rings is 1. The molecule has 2 N–H and O–H groups in total. The Kier molecular flexibility index (Phi) is 6.42. The number of carbonyl (C=O) groups is 1. The quantitative estimate of drug-likeness (QED) is 0.655. The summed E-state index contributed by atoms with van der Waals surface area (Å²) in [7, 11) is 0. The summed E-state index contributed by atoms with van der Waals surface area (Å²) in [5, 5.41) is 12.0. The lowest BCUT2D eigenvalue weighted by Gasteiger charge is -2.32. The minimum absolute atomic E-state index is 0.205. The van der Waals surface area contributed by atoms with Crippen molar-refractivity contribution in [2.75, 3.05) is 32.8 Å². The van der Waals surface area contributed by atoms with Crippen molar-refractivity contribution in [3.05, 3.63) is 0 Å². The highest BCUT2D eigenvalue weighted by Gasteiger charge is 2.22. The van der Waals surface area contributed by atoms with Crippen LogP contribution in [0.5, 0.6) is 0 Å². The highest BCUT2D eigenvalue weighted by molar-refractivity contribution is 5.78. The van der Waals surface area contributed by atoms with Crippen LogP contribution in [0.15, 0.2) is 0 Å². The zero-order valence-electron chi connectivity index (χ0n) is 10.2. The summed E-state index contributed by atoms with van der Waals surface area (Å²) >= 11 is 0. The number of carbonyl (C=O) groups excluding carboxylic acids is 1. The topological polar surface area (TPSA) is 52.6 Å². The summed E-state index contributed by atoms with van der Waals surface area (Å²) in [6.07, 6.45) is 4.10. The molecule has 1 amide bonds. The second-order valence-electron chi connectivity index (χ2n) is 4.54. The van der Waals surface area contributed by atoms with Crippen LogP contribution in [0.1, 0.15) is 32.6 Å². The maximum Gasteiger partial charge on any atom is 0.236 e. The Labute approximate surface area is 98.0 Å². The lowest BCUT2D eigenvalue weighted by Crippen LogP contribution is -2.44. The van der Waals surface area contributed by atoms with Crippen LogP contribution in [-0.2, 0) is 4.79 Å². The number of hydrogen-bond donors (Lipinski definition) is 2. The van der Waals surface area contributed by atoms with Gasteiger partial charge in [-0.25, -0.2) is 0 Å². The van der Waals surface area contributed by atoms with Crippen molar-refractivity contribution < 1.29 is 9.90 Å². The number of hydrogen-bond acceptors (Lipinski definition) is 3. The number of aliphatic hydroxyl groups is 1. The van der Waals surface area contributed by atoms with Crippen LogP contribution < -0.4 is 5.32 Å². The minimum atomic E-state index is 0.205. The van der Waals surface area contributed by atoms with Crippen LogP contribution in [0.4, 0.5) is 0 Å². The molecule has 0 spiro atoms. The van der Waals surface area contributed by atoms with E-state index in [0.717, 1.165) is 45.3 Å². The highest BCUT2D eigenvalue weighted by Crippen LogP contribution is 2.18. The van der Waals surface area contributed by atoms with E-state index in [0.29, 0.717) is 12.5 Å². The molecule has 0 saturated carbocycles. The summed E-state index contributed by atoms with van der Waals surface area (Å²) in [6, 6.07) is 0. The molecule has 0 aromatic rings. The Morgan fingerprint density at radius 2 is 2.38 bits per heavy atom. The molecule has 1 aliphatic heterocycles. The molecule has 0 radical (unpaired) electrons. The Bertz CT molecular complexity index is 207. The largest absolute Gasteiger partial charge is 0.396 e. The van der Waals surface area contributed by atoms with E-state index in [-0.39, 0.29) is 12.5 Å². The first kappa shape index (κ1) is 13.5. The van der Waals surface area contributed by atoms with E-state index in [4.69, 9.17) is 5.11 Å². The molecule has 1 atom stereocenters. The number of rotatable bonds is 6. The molecule has 4 nitrogen and oxygen atoms in total. The first-order chi connectivity index (χ1) is 7.77. The minimum Gasteiger partial charge on any atom is -0.396 e. The monoisotopic (exact) mass is 228 g/mol. The summed E-state index contributed by atoms with van der Waals surface area (Å²) in [4.78, 5) is 13.8. The van der Waals surface area contributed by atoms with Gasteiger partial charge in [0, 0.05) is 19.7 Å². The van der Waals surface area contributed by atoms with Gasteiger partial charge in [-0.3, -0.25) is 4.79 Å². The fourth-order valence-electron chi connectivity index (χ4n) is 2.19. The lowest BCUT2D eigenvalue weighted by molar-refractivity contribution is -0.132. The lowest BCUT2D eigenvalue weighted by atomic mass is 9.95. The predicted molar refractivity (Wildman–Crippen MR) is 64.2 cm³/mol. The van der Waals surface area contributed by atoms with Crippen LogP contribution in [0.25, 0.3) is 0 Å². The Morgan fingerprint density at radius 1 is 1.56 bits per heavy atom. The summed E-state index contributed by atoms with van der Waals surface area (Å²) < 4.78 is 0. The van der Waals surface area contributed by atoms with Gasteiger partial charge in [0.25, 0.3) is 0 Å². The molecule has 4 heteroatoms. The molecule has 1 saturated heterocycles. The fraction of sp³-hybridized carbons (Fsp3) is 0.917. The molecule has 16 heavy (non-hydrogen) atoms. The van der Waals surface area contributed by atoms with Crippen molar-refractivity contribution in [1.29, 1.82) is 0 Å². The van der Waals surface area contributed by atoms with Gasteiger partial charge in [-0.2, -0.15) is 0 Å². The van der Waals surface area contributed by atoms with Crippen LogP contribution in [-0.4, -0.2) is 48.7 Å². The maximum absolute atomic E-state index is 11.8. The Balaban J connectivity index is 2.26. The predicted octanol–water partition coefficient (Wildman–Crippen LogP) is 0.607. The molecule has 1 fully saturated rings. The normalized spacial score (nSPS) is 21.1. The van der Waals surface area contributed by atoms with E-state index in [1.54, 1.807) is 0 Å². The zero-order chi connectivity index (χ0) is 11.8. The van der Waals surface area contributed by atoms with Crippen LogP contribution >= 0.6 is 0 Å². The van der Waals surface area contributed by atoms with E-state index in [1.165, 1.54) is 0 Å². The molecule has 1 aliphatic rings. The van der Waals surface area contributed by atoms with Crippen molar-refractivity contribution in [2.24, 2.45) is 5.92 Å². The van der Waals surface area contributed by atoms with E-state index in [2.05, 4.69) is 12.2 Å². The molecular formula is C12H24N2O2. The number of amides is 1. The third-order valence-corrected chi connectivity index (χ3v) is 3.11. The van der Waals surface area contributed by atoms with Gasteiger partial charge in [-0.05, 0) is 38.1 Å². The second kappa shape index (κ2) is 7.63. The van der Waals surface area contributed by atoms with Gasteiger partial charge in [0.1, 0.15) is 0 Å². The standard InChI is InChI=1S/C12H24N2O2/c1-2-6-13-9-12(16)14-7-3-4-11(10-14)5-8-15/h11,13,15H,2-10H2,1H3. The fourth-order valence-corrected chi connectivity index (χ4v) is 2.19. The highest BCUT2D eigenvalue weighted by atomic mass is 16.3. The Hall–Kier alpha value is -0.610. The number of aliphatic hydroxyl groups excluding tert-OH is 1. The molecule has 0 bridgehead atoms. The molecule has 1 heterocycles. The summed E-state index contributed by atoms with van der Waals surface area (Å²) in [6.45, 7) is 5.40. The van der Waals surface area contributed by atoms with Gasteiger partial charge < -0.3 is 15.3 Å². The average molecular weight is 228 g/mol. The number of nitrogens with zero attached hydrogens (tertiary/aromatic N) is 1. The molecular weight excluding hydrogens is 204 g/mol. The van der Waals surface area contributed by atoms with Gasteiger partial charge in [0.15, 0.2) is 0 Å². The first-order valence-electron chi connectivity index (χ1n) is 6.37. The van der Waals surface area contributed by atoms with Gasteiger partial charge in [0.2, 0.25) is 5.91 Å². The maximum atomic E-state index is 11.8. The molecule has 1 rings (SSSR count). The average Bonchev–Trinajstić information content (AvgIpc) is 2.30. The third-order valence-electron chi connectivity index (χ3n) is 3.11. The van der Waals surface area contributed by atoms with Crippen molar-refractivity contribution in [1.82, 2.24) is 10.2 Å². The smallest absolute Gasteiger partial charge is 0.236 e. The van der Waals surface area contributed by atoms with Crippen molar-refractivity contribution >= 4 is 5.91 Å². The third kappa shape index (κ3) is 4.49. The SMILES string of the molecule is CCCNCC(=O)N1CCCC(CCO)C1. The molecule has 0 aromatic heterocycles. The first-order valence-corrected chi connectivity index (χ1v) is 6.37. The zero-order valence-corrected chi connectivity index (χ0v) is 10.2. The number of nitrogens with one attached hydrogen (secondary N) is 1. The van der Waals surface area contributed by atoms with Crippen molar-refractivity contribution in [2.45, 2.75) is 32.6 Å². The second-order valence-corrected chi connectivity index (χ2v) is 4.54. The van der Waals surface area contributed by atoms with E-state index < -0.39 is 0 Å². The Morgan fingerprint density at radius 3 is 3.06 bits per heavy atom. The number of likely N-dealkylation sites (tertiary alicyclic amines) is 1. The van der Waals surface area contributed by atoms with Gasteiger partial charge in [-0.15, -0.1) is 0 Å². The van der Waals surface area contributed by atoms with Crippen LogP contribution in [0.3, 0.4) is 0 Å². The summed E-state index contributed by atoms with van der Waals surface area (Å²) in [5.74, 6) is 0.699. The van der Waals surface area contributed by atoms with E-state index in [9.17, 15) is 4.79 Å². The van der Waals surface area contributed by atoms with Gasteiger partial charge >= 0.3 is 0 Å². The van der Waals surface area contributed by atoms with Gasteiger partial charge in [-0.1, -0.05) is 6.92 Å². The van der Waals surface area contributed by atoms with Crippen LogP contribution in [0, 0.1) is 5.92 Å². The summed E-state index contributed by atoms with van der Waals surface area (Å²) in [5.41, 5.74) is 0. The van der Waals surface area contributed by atoms with Crippen molar-refractivity contribution in [3.63, 3.8) is 0 Å². The van der Waals surface area contributed by atoms with E-state index >= 15 is 0 Å². The molecule has 0 aromatic carbocycles. The molecule has 94 valence electrons. The van der Waals surface area contributed by atoms with Gasteiger partial charge in [0.05, 0.1) is 6.54 Å².